The Bertz CT molecular complexity index is 860. The average molecular weight is 312 g/mol. The van der Waals surface area contributed by atoms with Gasteiger partial charge in [0.15, 0.2) is 11.6 Å². The van der Waals surface area contributed by atoms with Crippen LogP contribution in [-0.4, -0.2) is 30.0 Å². The number of aromatic nitrogens is 4. The van der Waals surface area contributed by atoms with E-state index in [1.165, 1.54) is 12.1 Å². The second-order valence-electron chi connectivity index (χ2n) is 4.47. The number of rotatable bonds is 4. The Labute approximate surface area is 128 Å². The Morgan fingerprint density at radius 1 is 1.00 bits per heavy atom. The lowest BCUT2D eigenvalue weighted by Crippen LogP contribution is -1.94. The fourth-order valence-electron chi connectivity index (χ4n) is 1.94. The van der Waals surface area contributed by atoms with Gasteiger partial charge in [-0.1, -0.05) is 6.07 Å². The van der Waals surface area contributed by atoms with Gasteiger partial charge in [-0.3, -0.25) is 30.3 Å². The standard InChI is InChI=1S/C13H8N6O4/c20-18(21)9-5-8(6-10(7-9)19(22)23)12-15-13(17-16-12)11-3-1-2-4-14-11/h1-7H,(H,15,16,17). The lowest BCUT2D eigenvalue weighted by molar-refractivity contribution is -0.394. The molecule has 114 valence electrons. The summed E-state index contributed by atoms with van der Waals surface area (Å²) < 4.78 is 0. The SMILES string of the molecule is O=[N+]([O-])c1cc(-c2n[nH]c(-c3ccccn3)n2)cc([N+](=O)[O-])c1. The topological polar surface area (TPSA) is 141 Å². The summed E-state index contributed by atoms with van der Waals surface area (Å²) in [6.07, 6.45) is 1.58. The molecule has 0 radical (unpaired) electrons. The van der Waals surface area contributed by atoms with E-state index in [4.69, 9.17) is 0 Å². The lowest BCUT2D eigenvalue weighted by Gasteiger charge is -1.97. The van der Waals surface area contributed by atoms with Gasteiger partial charge in [0.25, 0.3) is 11.4 Å². The second-order valence-corrected chi connectivity index (χ2v) is 4.47. The largest absolute Gasteiger partial charge is 0.277 e. The van der Waals surface area contributed by atoms with Crippen LogP contribution in [0.25, 0.3) is 22.9 Å². The predicted octanol–water partition coefficient (Wildman–Crippen LogP) is 2.35. The highest BCUT2D eigenvalue weighted by molar-refractivity contribution is 5.65. The molecule has 1 N–H and O–H groups in total. The predicted molar refractivity (Wildman–Crippen MR) is 78.4 cm³/mol. The van der Waals surface area contributed by atoms with Crippen molar-refractivity contribution in [2.75, 3.05) is 0 Å². The zero-order chi connectivity index (χ0) is 16.4. The molecule has 0 fully saturated rings. The van der Waals surface area contributed by atoms with E-state index in [1.807, 2.05) is 0 Å². The van der Waals surface area contributed by atoms with E-state index in [0.29, 0.717) is 11.5 Å². The van der Waals surface area contributed by atoms with Crippen LogP contribution in [0.5, 0.6) is 0 Å². The number of hydrogen-bond acceptors (Lipinski definition) is 7. The molecule has 0 saturated heterocycles. The summed E-state index contributed by atoms with van der Waals surface area (Å²) in [6.45, 7) is 0. The smallest absolute Gasteiger partial charge is 0.258 e. The molecule has 0 atom stereocenters. The van der Waals surface area contributed by atoms with Gasteiger partial charge >= 0.3 is 0 Å². The minimum atomic E-state index is -0.706. The molecule has 0 spiro atoms. The highest BCUT2D eigenvalue weighted by Crippen LogP contribution is 2.28. The summed E-state index contributed by atoms with van der Waals surface area (Å²) in [5.74, 6) is 0.465. The van der Waals surface area contributed by atoms with Gasteiger partial charge in [-0.25, -0.2) is 4.98 Å². The molecule has 23 heavy (non-hydrogen) atoms. The number of aromatic amines is 1. The molecular formula is C13H8N6O4. The summed E-state index contributed by atoms with van der Waals surface area (Å²) in [7, 11) is 0. The summed E-state index contributed by atoms with van der Waals surface area (Å²) in [6, 6.07) is 8.46. The quantitative estimate of drug-likeness (QED) is 0.575. The molecule has 3 aromatic rings. The van der Waals surface area contributed by atoms with E-state index < -0.39 is 21.2 Å². The lowest BCUT2D eigenvalue weighted by atomic mass is 10.1. The third-order valence-corrected chi connectivity index (χ3v) is 2.98. The van der Waals surface area contributed by atoms with Gasteiger partial charge < -0.3 is 0 Å². The van der Waals surface area contributed by atoms with E-state index in [0.717, 1.165) is 6.07 Å². The maximum Gasteiger partial charge on any atom is 0.277 e. The molecule has 0 saturated carbocycles. The van der Waals surface area contributed by atoms with E-state index in [9.17, 15) is 20.2 Å². The molecule has 0 amide bonds. The number of pyridine rings is 1. The van der Waals surface area contributed by atoms with E-state index in [1.54, 1.807) is 24.4 Å². The first kappa shape index (κ1) is 14.3. The first-order valence-electron chi connectivity index (χ1n) is 6.32. The van der Waals surface area contributed by atoms with Crippen LogP contribution in [0.15, 0.2) is 42.6 Å². The minimum absolute atomic E-state index is 0.109. The highest BCUT2D eigenvalue weighted by atomic mass is 16.6. The first-order chi connectivity index (χ1) is 11.0. The van der Waals surface area contributed by atoms with E-state index in [2.05, 4.69) is 20.2 Å². The highest BCUT2D eigenvalue weighted by Gasteiger charge is 2.19. The van der Waals surface area contributed by atoms with Crippen LogP contribution in [-0.2, 0) is 0 Å². The summed E-state index contributed by atoms with van der Waals surface area (Å²) >= 11 is 0. The van der Waals surface area contributed by atoms with E-state index >= 15 is 0 Å². The number of nitro groups is 2. The normalized spacial score (nSPS) is 10.4. The number of non-ortho nitro benzene ring substituents is 2. The Morgan fingerprint density at radius 3 is 2.26 bits per heavy atom. The van der Waals surface area contributed by atoms with Crippen molar-refractivity contribution in [1.29, 1.82) is 0 Å². The summed E-state index contributed by atoms with van der Waals surface area (Å²) in [5, 5.41) is 28.4. The van der Waals surface area contributed by atoms with Crippen LogP contribution in [0.3, 0.4) is 0 Å². The summed E-state index contributed by atoms with van der Waals surface area (Å²) in [5.41, 5.74) is -0.104. The number of benzene rings is 1. The molecule has 0 unspecified atom stereocenters. The summed E-state index contributed by atoms with van der Waals surface area (Å²) in [4.78, 5) is 28.7. The number of hydrogen-bond donors (Lipinski definition) is 1. The van der Waals surface area contributed by atoms with Crippen molar-refractivity contribution in [1.82, 2.24) is 20.2 Å². The molecule has 3 rings (SSSR count). The number of nitrogens with zero attached hydrogens (tertiary/aromatic N) is 5. The zero-order valence-electron chi connectivity index (χ0n) is 11.4. The zero-order valence-corrected chi connectivity index (χ0v) is 11.4. The van der Waals surface area contributed by atoms with Crippen molar-refractivity contribution in [3.05, 3.63) is 62.8 Å². The van der Waals surface area contributed by atoms with Crippen LogP contribution in [0, 0.1) is 20.2 Å². The molecule has 0 aliphatic rings. The van der Waals surface area contributed by atoms with Gasteiger partial charge in [-0.15, -0.1) is 0 Å². The molecule has 0 aliphatic carbocycles. The fourth-order valence-corrected chi connectivity index (χ4v) is 1.94. The van der Waals surface area contributed by atoms with Gasteiger partial charge in [0.05, 0.1) is 15.9 Å². The van der Waals surface area contributed by atoms with Gasteiger partial charge in [-0.05, 0) is 12.1 Å². The number of nitro benzene ring substituents is 2. The third kappa shape index (κ3) is 2.85. The van der Waals surface area contributed by atoms with Crippen LogP contribution in [0.1, 0.15) is 0 Å². The number of nitrogens with one attached hydrogen (secondary N) is 1. The molecule has 2 heterocycles. The minimum Gasteiger partial charge on any atom is -0.258 e. The monoisotopic (exact) mass is 312 g/mol. The fraction of sp³-hybridized carbons (Fsp3) is 0. The Hall–Kier alpha value is -3.69. The van der Waals surface area contributed by atoms with Gasteiger partial charge in [0, 0.05) is 23.9 Å². The van der Waals surface area contributed by atoms with Gasteiger partial charge in [-0.2, -0.15) is 5.10 Å². The molecule has 0 aliphatic heterocycles. The average Bonchev–Trinajstić information content (AvgIpc) is 3.05. The van der Waals surface area contributed by atoms with Crippen molar-refractivity contribution >= 4 is 11.4 Å². The van der Waals surface area contributed by atoms with Crippen molar-refractivity contribution in [2.24, 2.45) is 0 Å². The first-order valence-corrected chi connectivity index (χ1v) is 6.32. The van der Waals surface area contributed by atoms with Crippen molar-refractivity contribution < 1.29 is 9.85 Å². The number of H-pyrrole nitrogens is 1. The molecule has 1 aromatic carbocycles. The van der Waals surface area contributed by atoms with Crippen LogP contribution >= 0.6 is 0 Å². The molecule has 0 bridgehead atoms. The maximum absolute atomic E-state index is 10.9. The molecule has 10 heteroatoms. The van der Waals surface area contributed by atoms with Crippen molar-refractivity contribution in [2.45, 2.75) is 0 Å². The van der Waals surface area contributed by atoms with Crippen molar-refractivity contribution in [3.63, 3.8) is 0 Å². The van der Waals surface area contributed by atoms with Crippen molar-refractivity contribution in [3.8, 4) is 22.9 Å². The van der Waals surface area contributed by atoms with Crippen LogP contribution in [0.4, 0.5) is 11.4 Å². The maximum atomic E-state index is 10.9. The third-order valence-electron chi connectivity index (χ3n) is 2.98. The molecule has 2 aromatic heterocycles. The van der Waals surface area contributed by atoms with Crippen LogP contribution in [0.2, 0.25) is 0 Å². The van der Waals surface area contributed by atoms with Gasteiger partial charge in [0.2, 0.25) is 0 Å². The Morgan fingerprint density at radius 2 is 1.70 bits per heavy atom. The van der Waals surface area contributed by atoms with Gasteiger partial charge in [0.1, 0.15) is 5.69 Å². The Kier molecular flexibility index (Phi) is 3.47. The molecular weight excluding hydrogens is 304 g/mol. The second kappa shape index (κ2) is 5.60. The van der Waals surface area contributed by atoms with E-state index in [-0.39, 0.29) is 11.4 Å². The Balaban J connectivity index is 2.07. The van der Waals surface area contributed by atoms with Crippen LogP contribution < -0.4 is 0 Å². The molecule has 10 nitrogen and oxygen atoms in total.